The number of azo groups is 1. The van der Waals surface area contributed by atoms with Gasteiger partial charge in [0.05, 0.1) is 13.1 Å². The summed E-state index contributed by atoms with van der Waals surface area (Å²) in [6.45, 7) is -0.417. The van der Waals surface area contributed by atoms with Crippen molar-refractivity contribution in [1.29, 1.82) is 0 Å². The first-order valence-corrected chi connectivity index (χ1v) is 7.21. The third-order valence-electron chi connectivity index (χ3n) is 2.88. The molecule has 0 fully saturated rings. The second-order valence-electron chi connectivity index (χ2n) is 4.70. The van der Waals surface area contributed by atoms with E-state index in [0.29, 0.717) is 5.69 Å². The number of nitrogen functional groups attached to an aromatic ring is 1. The summed E-state index contributed by atoms with van der Waals surface area (Å²) in [5, 5.41) is 10.5. The quantitative estimate of drug-likeness (QED) is 0.342. The Balaban J connectivity index is 2.19. The molecule has 0 radical (unpaired) electrons. The maximum Gasteiger partial charge on any atom is 0.325 e. The minimum Gasteiger partial charge on any atom is -0.423 e. The number of hydrogen-bond donors (Lipinski definition) is 4. The number of para-hydroxylation sites is 1. The highest BCUT2D eigenvalue weighted by Crippen LogP contribution is 2.30. The van der Waals surface area contributed by atoms with E-state index in [-0.39, 0.29) is 36.2 Å². The van der Waals surface area contributed by atoms with Gasteiger partial charge in [-0.15, -0.1) is 10.2 Å². The molecule has 0 aliphatic heterocycles. The number of hydrogen-bond acceptors (Lipinski definition) is 9. The van der Waals surface area contributed by atoms with Gasteiger partial charge in [-0.3, -0.25) is 9.59 Å². The minimum absolute atomic E-state index is 0.0648. The van der Waals surface area contributed by atoms with Crippen molar-refractivity contribution in [2.45, 2.75) is 0 Å². The maximum atomic E-state index is 11.3. The zero-order valence-electron chi connectivity index (χ0n) is 13.2. The Morgan fingerprint density at radius 3 is 2.44 bits per heavy atom. The summed E-state index contributed by atoms with van der Waals surface area (Å²) in [7, 11) is 0. The maximum absolute atomic E-state index is 11.3. The molecule has 25 heavy (non-hydrogen) atoms. The van der Waals surface area contributed by atoms with Crippen molar-refractivity contribution in [3.8, 4) is 5.75 Å². The molecule has 1 amide bonds. The van der Waals surface area contributed by atoms with E-state index in [1.54, 1.807) is 24.3 Å². The molecule has 0 aliphatic rings. The van der Waals surface area contributed by atoms with E-state index in [4.69, 9.17) is 21.9 Å². The highest BCUT2D eigenvalue weighted by molar-refractivity contribution is 5.91. The monoisotopic (exact) mass is 343 g/mol. The Kier molecular flexibility index (Phi) is 6.09. The molecule has 1 heterocycles. The van der Waals surface area contributed by atoms with Gasteiger partial charge < -0.3 is 27.3 Å². The topological polar surface area (TPSA) is 171 Å². The average Bonchev–Trinajstić information content (AvgIpc) is 2.62. The van der Waals surface area contributed by atoms with Crippen LogP contribution in [-0.2, 0) is 9.59 Å². The number of carbonyl (C=O) groups excluding carboxylic acids is 2. The fourth-order valence-electron chi connectivity index (χ4n) is 1.71. The van der Waals surface area contributed by atoms with Gasteiger partial charge in [0.15, 0.2) is 11.6 Å². The Labute approximate surface area is 143 Å². The molecule has 2 aromatic rings. The molecule has 10 nitrogen and oxygen atoms in total. The molecule has 0 bridgehead atoms. The highest BCUT2D eigenvalue weighted by atomic mass is 16.5. The standard InChI is InChI=1S/C15H17N7O3/c16-7-13(23)19-12-6-5-10(15(18)20-12)22-21-9-3-1-2-4-11(9)25-14(24)8-17/h1-6H,7-8,16-17H2,(H3,18,19,20,23)/b22-21+. The molecule has 130 valence electrons. The van der Waals surface area contributed by atoms with Crippen LogP contribution in [0, 0.1) is 0 Å². The molecule has 0 unspecified atom stereocenters. The van der Waals surface area contributed by atoms with E-state index in [1.165, 1.54) is 12.1 Å². The van der Waals surface area contributed by atoms with Crippen molar-refractivity contribution >= 4 is 34.9 Å². The van der Waals surface area contributed by atoms with Crippen molar-refractivity contribution in [3.05, 3.63) is 36.4 Å². The van der Waals surface area contributed by atoms with E-state index in [9.17, 15) is 9.59 Å². The normalized spacial score (nSPS) is 10.6. The lowest BCUT2D eigenvalue weighted by Gasteiger charge is -2.06. The van der Waals surface area contributed by atoms with Crippen LogP contribution in [0.3, 0.4) is 0 Å². The van der Waals surface area contributed by atoms with Crippen LogP contribution in [0.4, 0.5) is 23.0 Å². The lowest BCUT2D eigenvalue weighted by molar-refractivity contribution is -0.132. The number of esters is 1. The van der Waals surface area contributed by atoms with Crippen molar-refractivity contribution in [2.75, 3.05) is 24.1 Å². The summed E-state index contributed by atoms with van der Waals surface area (Å²) >= 11 is 0. The van der Waals surface area contributed by atoms with Crippen molar-refractivity contribution in [1.82, 2.24) is 4.98 Å². The molecule has 0 spiro atoms. The second-order valence-corrected chi connectivity index (χ2v) is 4.70. The molecule has 7 N–H and O–H groups in total. The minimum atomic E-state index is -0.594. The Morgan fingerprint density at radius 2 is 1.76 bits per heavy atom. The van der Waals surface area contributed by atoms with Gasteiger partial charge in [0.25, 0.3) is 0 Å². The Bertz CT molecular complexity index is 807. The summed E-state index contributed by atoms with van der Waals surface area (Å²) < 4.78 is 5.06. The molecule has 0 aliphatic carbocycles. The average molecular weight is 343 g/mol. The van der Waals surface area contributed by atoms with Gasteiger partial charge in [0, 0.05) is 0 Å². The van der Waals surface area contributed by atoms with Gasteiger partial charge in [-0.25, -0.2) is 4.98 Å². The summed E-state index contributed by atoms with van der Waals surface area (Å²) in [6.07, 6.45) is 0. The van der Waals surface area contributed by atoms with E-state index < -0.39 is 11.9 Å². The van der Waals surface area contributed by atoms with Crippen LogP contribution in [-0.4, -0.2) is 29.9 Å². The third kappa shape index (κ3) is 5.06. The summed E-state index contributed by atoms with van der Waals surface area (Å²) in [6, 6.07) is 9.62. The molecule has 2 rings (SSSR count). The van der Waals surface area contributed by atoms with Gasteiger partial charge in [0.1, 0.15) is 17.2 Å². The lowest BCUT2D eigenvalue weighted by atomic mass is 10.3. The molecule has 0 atom stereocenters. The second kappa shape index (κ2) is 8.47. The number of nitrogens with zero attached hydrogens (tertiary/aromatic N) is 3. The van der Waals surface area contributed by atoms with Gasteiger partial charge in [-0.2, -0.15) is 0 Å². The predicted molar refractivity (Wildman–Crippen MR) is 91.6 cm³/mol. The Hall–Kier alpha value is -3.37. The molecule has 1 aromatic heterocycles. The zero-order chi connectivity index (χ0) is 18.2. The number of nitrogens with two attached hydrogens (primary N) is 3. The third-order valence-corrected chi connectivity index (χ3v) is 2.88. The molecular weight excluding hydrogens is 326 g/mol. The first-order chi connectivity index (χ1) is 12.0. The number of pyridine rings is 1. The summed E-state index contributed by atoms with van der Waals surface area (Å²) in [5.74, 6) is -0.444. The van der Waals surface area contributed by atoms with E-state index >= 15 is 0 Å². The molecule has 0 saturated heterocycles. The molecule has 10 heteroatoms. The van der Waals surface area contributed by atoms with Gasteiger partial charge >= 0.3 is 5.97 Å². The number of rotatable bonds is 6. The van der Waals surface area contributed by atoms with Gasteiger partial charge in [0.2, 0.25) is 5.91 Å². The molecular formula is C15H17N7O3. The van der Waals surface area contributed by atoms with Crippen LogP contribution in [0.15, 0.2) is 46.6 Å². The number of carbonyl (C=O) groups is 2. The smallest absolute Gasteiger partial charge is 0.325 e. The largest absolute Gasteiger partial charge is 0.423 e. The zero-order valence-corrected chi connectivity index (χ0v) is 13.2. The first kappa shape index (κ1) is 18.0. The van der Waals surface area contributed by atoms with Crippen LogP contribution in [0.5, 0.6) is 5.75 Å². The van der Waals surface area contributed by atoms with E-state index in [2.05, 4.69) is 20.5 Å². The summed E-state index contributed by atoms with van der Waals surface area (Å²) in [5.41, 5.74) is 16.8. The van der Waals surface area contributed by atoms with Crippen LogP contribution in [0.1, 0.15) is 0 Å². The van der Waals surface area contributed by atoms with Gasteiger partial charge in [-0.1, -0.05) is 12.1 Å². The van der Waals surface area contributed by atoms with E-state index in [0.717, 1.165) is 0 Å². The molecule has 0 saturated carbocycles. The number of amides is 1. The van der Waals surface area contributed by atoms with Crippen LogP contribution < -0.4 is 27.3 Å². The number of anilines is 2. The van der Waals surface area contributed by atoms with Crippen LogP contribution in [0.2, 0.25) is 0 Å². The first-order valence-electron chi connectivity index (χ1n) is 7.21. The number of nitrogens with one attached hydrogen (secondary N) is 1. The predicted octanol–water partition coefficient (Wildman–Crippen LogP) is 0.840. The fourth-order valence-corrected chi connectivity index (χ4v) is 1.71. The van der Waals surface area contributed by atoms with Crippen LogP contribution >= 0.6 is 0 Å². The Morgan fingerprint density at radius 1 is 1.04 bits per heavy atom. The molecule has 1 aromatic carbocycles. The van der Waals surface area contributed by atoms with Crippen LogP contribution in [0.25, 0.3) is 0 Å². The highest BCUT2D eigenvalue weighted by Gasteiger charge is 2.08. The van der Waals surface area contributed by atoms with E-state index in [1.807, 2.05) is 0 Å². The number of aromatic nitrogens is 1. The van der Waals surface area contributed by atoms with Gasteiger partial charge in [-0.05, 0) is 24.3 Å². The van der Waals surface area contributed by atoms with Crippen molar-refractivity contribution < 1.29 is 14.3 Å². The van der Waals surface area contributed by atoms with Crippen molar-refractivity contribution in [3.63, 3.8) is 0 Å². The SMILES string of the molecule is NCC(=O)Nc1ccc(/N=N/c2ccccc2OC(=O)CN)c(N)n1. The van der Waals surface area contributed by atoms with Crippen molar-refractivity contribution in [2.24, 2.45) is 21.7 Å². The number of ether oxygens (including phenoxy) is 1. The summed E-state index contributed by atoms with van der Waals surface area (Å²) in [4.78, 5) is 26.5. The lowest BCUT2D eigenvalue weighted by Crippen LogP contribution is -2.22. The fraction of sp³-hybridized carbons (Fsp3) is 0.133. The number of benzene rings is 1.